The van der Waals surface area contributed by atoms with E-state index in [1.54, 1.807) is 25.9 Å². The van der Waals surface area contributed by atoms with Gasteiger partial charge >= 0.3 is 0 Å². The summed E-state index contributed by atoms with van der Waals surface area (Å²) in [5, 5.41) is 7.90. The van der Waals surface area contributed by atoms with Crippen LogP contribution >= 0.6 is 0 Å². The van der Waals surface area contributed by atoms with Crippen LogP contribution in [0.2, 0.25) is 0 Å². The molecule has 1 amide bonds. The second-order valence-corrected chi connectivity index (χ2v) is 20.7. The molecule has 5 unspecified atom stereocenters. The lowest BCUT2D eigenvalue weighted by molar-refractivity contribution is -0.131. The van der Waals surface area contributed by atoms with Crippen molar-refractivity contribution in [2.75, 3.05) is 20.6 Å². The van der Waals surface area contributed by atoms with E-state index in [0.717, 1.165) is 53.9 Å². The van der Waals surface area contributed by atoms with E-state index < -0.39 is 0 Å². The number of hydrogen-bond donors (Lipinski definition) is 2. The fraction of sp³-hybridized carbons (Fsp3) is 0.709. The zero-order chi connectivity index (χ0) is 47.4. The maximum absolute atomic E-state index is 11.5. The van der Waals surface area contributed by atoms with Gasteiger partial charge in [-0.25, -0.2) is 0 Å². The van der Waals surface area contributed by atoms with E-state index in [4.69, 9.17) is 13.2 Å². The van der Waals surface area contributed by atoms with E-state index in [1.165, 1.54) is 50.6 Å². The third-order valence-corrected chi connectivity index (χ3v) is 12.9. The molecule has 0 aromatic carbocycles. The zero-order valence-electron chi connectivity index (χ0n) is 43.1. The van der Waals surface area contributed by atoms with E-state index >= 15 is 0 Å². The van der Waals surface area contributed by atoms with Gasteiger partial charge in [-0.15, -0.1) is 0 Å². The van der Waals surface area contributed by atoms with Crippen LogP contribution in [-0.4, -0.2) is 60.3 Å². The first-order chi connectivity index (χ1) is 28.3. The predicted molar refractivity (Wildman–Crippen MR) is 269 cm³/mol. The number of ketones is 1. The van der Waals surface area contributed by atoms with Crippen molar-refractivity contribution in [1.29, 1.82) is 0 Å². The summed E-state index contributed by atoms with van der Waals surface area (Å²) in [6.45, 7) is 55.8. The molecular weight excluding hydrogens is 749 g/mol. The Hall–Kier alpha value is -3.28. The van der Waals surface area contributed by atoms with E-state index in [-0.39, 0.29) is 41.1 Å². The molecular formula is C55H98N4O2. The third kappa shape index (κ3) is 20.2. The van der Waals surface area contributed by atoms with Crippen LogP contribution in [-0.2, 0) is 9.59 Å². The van der Waals surface area contributed by atoms with Gasteiger partial charge in [0.05, 0.1) is 24.0 Å². The largest absolute Gasteiger partial charge is 0.380 e. The summed E-state index contributed by atoms with van der Waals surface area (Å²) in [4.78, 5) is 25.6. The zero-order valence-corrected chi connectivity index (χ0v) is 43.1. The summed E-state index contributed by atoms with van der Waals surface area (Å²) in [6.07, 6.45) is 18.8. The van der Waals surface area contributed by atoms with Crippen molar-refractivity contribution in [3.8, 4) is 0 Å². The van der Waals surface area contributed by atoms with Gasteiger partial charge in [-0.2, -0.15) is 0 Å². The van der Waals surface area contributed by atoms with Gasteiger partial charge in [0.2, 0.25) is 5.91 Å². The number of nitrogens with one attached hydrogen (secondary N) is 2. The van der Waals surface area contributed by atoms with Crippen LogP contribution in [0.1, 0.15) is 174 Å². The molecule has 1 aliphatic heterocycles. The molecule has 350 valence electrons. The van der Waals surface area contributed by atoms with E-state index in [9.17, 15) is 9.59 Å². The number of likely N-dealkylation sites (tertiary alicyclic amines) is 1. The number of carbonyl (C=O) groups is 2. The van der Waals surface area contributed by atoms with Crippen LogP contribution in [0.15, 0.2) is 84.9 Å². The van der Waals surface area contributed by atoms with E-state index in [2.05, 4.69) is 90.7 Å². The molecule has 7 atom stereocenters. The molecule has 2 aliphatic carbocycles. The predicted octanol–water partition coefficient (Wildman–Crippen LogP) is 14.0. The van der Waals surface area contributed by atoms with Crippen molar-refractivity contribution >= 4 is 11.7 Å². The minimum absolute atomic E-state index is 0.0220. The van der Waals surface area contributed by atoms with Crippen molar-refractivity contribution in [3.05, 3.63) is 84.9 Å². The van der Waals surface area contributed by atoms with Gasteiger partial charge in [0.15, 0.2) is 0 Å². The molecule has 2 N–H and O–H groups in total. The molecule has 0 radical (unpaired) electrons. The summed E-state index contributed by atoms with van der Waals surface area (Å²) in [5.41, 5.74) is 7.39. The highest BCUT2D eigenvalue weighted by Gasteiger charge is 2.52. The topological polar surface area (TPSA) is 64.7 Å². The van der Waals surface area contributed by atoms with Crippen molar-refractivity contribution in [2.24, 2.45) is 40.4 Å². The first-order valence-corrected chi connectivity index (χ1v) is 24.0. The highest BCUT2D eigenvalue weighted by molar-refractivity contribution is 5.80. The third-order valence-electron chi connectivity index (χ3n) is 12.9. The molecule has 2 saturated carbocycles. The molecule has 6 nitrogen and oxygen atoms in total. The normalized spacial score (nSPS) is 21.7. The number of rotatable bonds is 18. The first kappa shape index (κ1) is 57.7. The van der Waals surface area contributed by atoms with E-state index in [1.807, 2.05) is 59.8 Å². The lowest BCUT2D eigenvalue weighted by Gasteiger charge is -2.42. The maximum Gasteiger partial charge on any atom is 0.228 e. The van der Waals surface area contributed by atoms with Gasteiger partial charge in [0.1, 0.15) is 5.78 Å². The van der Waals surface area contributed by atoms with Crippen molar-refractivity contribution in [2.45, 2.75) is 193 Å². The smallest absolute Gasteiger partial charge is 0.228 e. The molecule has 0 bridgehead atoms. The monoisotopic (exact) mass is 847 g/mol. The number of allylic oxidation sites excluding steroid dienone is 4. The molecule has 1 heterocycles. The molecule has 0 aromatic rings. The molecule has 3 aliphatic rings. The molecule has 3 rings (SSSR count). The average molecular weight is 847 g/mol. The first-order valence-electron chi connectivity index (χ1n) is 24.0. The fourth-order valence-electron chi connectivity index (χ4n) is 9.13. The average Bonchev–Trinajstić information content (AvgIpc) is 3.69. The molecule has 61 heavy (non-hydrogen) atoms. The van der Waals surface area contributed by atoms with Crippen LogP contribution in [0.4, 0.5) is 0 Å². The Morgan fingerprint density at radius 1 is 0.918 bits per heavy atom. The quantitative estimate of drug-likeness (QED) is 0.135. The lowest BCUT2D eigenvalue weighted by Crippen LogP contribution is -2.48. The number of amides is 1. The van der Waals surface area contributed by atoms with Crippen molar-refractivity contribution in [1.82, 2.24) is 20.4 Å². The van der Waals surface area contributed by atoms with E-state index in [0.29, 0.717) is 35.5 Å². The summed E-state index contributed by atoms with van der Waals surface area (Å²) >= 11 is 0. The van der Waals surface area contributed by atoms with Crippen LogP contribution in [0.25, 0.3) is 0 Å². The number of Topliss-reactive ketones (excluding diaryl/α,β-unsaturated/α-hetero) is 1. The molecule has 0 spiro atoms. The number of nitrogens with zero attached hydrogens (tertiary/aromatic N) is 2. The Labute approximate surface area is 379 Å². The number of carbonyl (C=O) groups excluding carboxylic acids is 2. The Bertz CT molecular complexity index is 1480. The second-order valence-electron chi connectivity index (χ2n) is 20.7. The maximum atomic E-state index is 11.5. The Kier molecular flexibility index (Phi) is 26.2. The highest BCUT2D eigenvalue weighted by atomic mass is 16.2. The molecule has 3 fully saturated rings. The minimum Gasteiger partial charge on any atom is -0.380 e. The number of hydrogen-bond acceptors (Lipinski definition) is 5. The highest BCUT2D eigenvalue weighted by Crippen LogP contribution is 2.53. The fourth-order valence-corrected chi connectivity index (χ4v) is 9.13. The van der Waals surface area contributed by atoms with Gasteiger partial charge in [0, 0.05) is 44.2 Å². The summed E-state index contributed by atoms with van der Waals surface area (Å²) < 4.78 is 0. The Balaban J connectivity index is 0.00000149. The Morgan fingerprint density at radius 3 is 1.93 bits per heavy atom. The standard InChI is InChI=1S/C38H65N3.C11H19NO.C4H8O.C2H6/c1-14-26(4)20-34(28(6)25(2)3)40-29(7)36-33-23-38(12,13)22-32(33)24-41(36)30(8)35(31-18-16-15-17-19-31)39-27(5)21-37(9,10)11;1-6-7-8-9(2)10(3)11(13)12(4)5;1-3-4(2)5;1-2/h26,31-36,39-40H,2,5-8,14-24H2,1,3-4,9-13H3;6-8,10H,1-5H3;3H2,1-2H3;1-2H3/b;7-6-,9-8+;;/t26?,32-,33-,34?,35?,36?;;;/m0.../s1. The molecule has 6 heteroatoms. The van der Waals surface area contributed by atoms with Crippen LogP contribution in [0.3, 0.4) is 0 Å². The summed E-state index contributed by atoms with van der Waals surface area (Å²) in [6, 6.07) is 0.640. The Morgan fingerprint density at radius 2 is 1.48 bits per heavy atom. The minimum atomic E-state index is -0.0220. The van der Waals surface area contributed by atoms with Crippen LogP contribution in [0, 0.1) is 40.4 Å². The molecule has 1 saturated heterocycles. The van der Waals surface area contributed by atoms with Gasteiger partial charge < -0.3 is 25.2 Å². The number of fused-ring (bicyclic) bond motifs is 1. The van der Waals surface area contributed by atoms with Crippen molar-refractivity contribution < 1.29 is 9.59 Å². The van der Waals surface area contributed by atoms with Crippen LogP contribution < -0.4 is 10.6 Å². The van der Waals surface area contributed by atoms with Crippen molar-refractivity contribution in [3.63, 3.8) is 0 Å². The lowest BCUT2D eigenvalue weighted by atomic mass is 9.81. The summed E-state index contributed by atoms with van der Waals surface area (Å²) in [7, 11) is 3.56. The van der Waals surface area contributed by atoms with Gasteiger partial charge in [0.25, 0.3) is 0 Å². The second kappa shape index (κ2) is 27.7. The SMILES string of the molecule is C/C=C\C=C(/C)C(C)C(=O)N(C)C.C=C(CC(C)(C)C)NC(C(=C)N1C[C@@H]2CC(C)(C)C[C@@H]2C1C(=C)NC(CC(C)CC)C(=C)C(=C)C)C1CCCCC1.CC.CCC(C)=O. The summed E-state index contributed by atoms with van der Waals surface area (Å²) in [5.74, 6) is 2.86. The van der Waals surface area contributed by atoms with Gasteiger partial charge in [-0.3, -0.25) is 4.79 Å². The van der Waals surface area contributed by atoms with Gasteiger partial charge in [-0.05, 0) is 113 Å². The van der Waals surface area contributed by atoms with Gasteiger partial charge in [-0.1, -0.05) is 157 Å². The van der Waals surface area contributed by atoms with Crippen LogP contribution in [0.5, 0.6) is 0 Å². The molecule has 0 aromatic heterocycles.